The molecule has 0 bridgehead atoms. The fraction of sp³-hybridized carbons (Fsp3) is 0.650. The third kappa shape index (κ3) is 7.25. The van der Waals surface area contributed by atoms with E-state index in [1.54, 1.807) is 0 Å². The molecular formula is C20H34IN3O2S. The zero-order valence-corrected chi connectivity index (χ0v) is 19.9. The van der Waals surface area contributed by atoms with Crippen LogP contribution in [0.15, 0.2) is 35.3 Å². The second kappa shape index (κ2) is 11.2. The minimum Gasteiger partial charge on any atom is -0.357 e. The predicted octanol–water partition coefficient (Wildman–Crippen LogP) is 3.49. The number of guanidine groups is 1. The van der Waals surface area contributed by atoms with E-state index in [1.807, 2.05) is 26.8 Å². The summed E-state index contributed by atoms with van der Waals surface area (Å²) in [6.45, 7) is 8.24. The normalized spacial score (nSPS) is 18.6. The van der Waals surface area contributed by atoms with Gasteiger partial charge in [0.2, 0.25) is 0 Å². The van der Waals surface area contributed by atoms with Gasteiger partial charge in [0.1, 0.15) is 0 Å². The highest BCUT2D eigenvalue weighted by molar-refractivity contribution is 14.0. The van der Waals surface area contributed by atoms with E-state index in [1.165, 1.54) is 12.0 Å². The van der Waals surface area contributed by atoms with Crippen LogP contribution in [0.1, 0.15) is 45.6 Å². The van der Waals surface area contributed by atoms with Gasteiger partial charge in [-0.1, -0.05) is 36.8 Å². The molecule has 0 spiro atoms. The Kier molecular flexibility index (Phi) is 10.1. The molecule has 0 unspecified atom stereocenters. The minimum absolute atomic E-state index is 0. The lowest BCUT2D eigenvalue weighted by atomic mass is 10.1. The van der Waals surface area contributed by atoms with E-state index in [-0.39, 0.29) is 29.7 Å². The highest BCUT2D eigenvalue weighted by atomic mass is 127. The van der Waals surface area contributed by atoms with Gasteiger partial charge in [0.25, 0.3) is 0 Å². The maximum Gasteiger partial charge on any atom is 0.193 e. The van der Waals surface area contributed by atoms with Crippen molar-refractivity contribution in [2.45, 2.75) is 51.2 Å². The second-order valence-corrected chi connectivity index (χ2v) is 10.3. The van der Waals surface area contributed by atoms with Gasteiger partial charge in [0, 0.05) is 26.2 Å². The lowest BCUT2D eigenvalue weighted by Crippen LogP contribution is -2.57. The molecule has 1 heterocycles. The smallest absolute Gasteiger partial charge is 0.193 e. The number of hydrogen-bond acceptors (Lipinski definition) is 3. The van der Waals surface area contributed by atoms with E-state index < -0.39 is 14.6 Å². The summed E-state index contributed by atoms with van der Waals surface area (Å²) < 4.78 is 23.7. The van der Waals surface area contributed by atoms with Crippen molar-refractivity contribution in [2.24, 2.45) is 4.99 Å². The quantitative estimate of drug-likeness (QED) is 0.266. The van der Waals surface area contributed by atoms with Crippen molar-refractivity contribution in [3.63, 3.8) is 0 Å². The molecule has 2 rings (SSSR count). The Morgan fingerprint density at radius 2 is 1.89 bits per heavy atom. The Balaban J connectivity index is 0.00000364. The van der Waals surface area contributed by atoms with E-state index >= 15 is 0 Å². The first-order valence-electron chi connectivity index (χ1n) is 9.65. The fourth-order valence-corrected chi connectivity index (χ4v) is 4.56. The molecule has 1 aromatic carbocycles. The molecule has 0 aromatic heterocycles. The van der Waals surface area contributed by atoms with Gasteiger partial charge in [-0.15, -0.1) is 24.0 Å². The van der Waals surface area contributed by atoms with Crippen molar-refractivity contribution in [1.82, 2.24) is 10.2 Å². The van der Waals surface area contributed by atoms with Gasteiger partial charge in [-0.05, 0) is 45.6 Å². The van der Waals surface area contributed by atoms with Gasteiger partial charge in [-0.2, -0.15) is 0 Å². The summed E-state index contributed by atoms with van der Waals surface area (Å²) >= 11 is 0. The first kappa shape index (κ1) is 24.2. The molecule has 0 saturated carbocycles. The van der Waals surface area contributed by atoms with E-state index in [0.29, 0.717) is 13.1 Å². The van der Waals surface area contributed by atoms with E-state index in [9.17, 15) is 8.42 Å². The van der Waals surface area contributed by atoms with Gasteiger partial charge < -0.3 is 10.2 Å². The van der Waals surface area contributed by atoms with Crippen molar-refractivity contribution in [3.8, 4) is 0 Å². The Morgan fingerprint density at radius 1 is 1.19 bits per heavy atom. The highest BCUT2D eigenvalue weighted by Crippen LogP contribution is 2.23. The van der Waals surface area contributed by atoms with Crippen LogP contribution in [0.3, 0.4) is 0 Å². The summed E-state index contributed by atoms with van der Waals surface area (Å²) in [5.74, 6) is 1.04. The number of aryl methyl sites for hydroxylation is 1. The molecule has 0 aliphatic carbocycles. The molecule has 1 aliphatic rings. The van der Waals surface area contributed by atoms with Crippen LogP contribution in [0.5, 0.6) is 0 Å². The summed E-state index contributed by atoms with van der Waals surface area (Å²) in [5.41, 5.74) is 1.39. The van der Waals surface area contributed by atoms with Crippen molar-refractivity contribution in [3.05, 3.63) is 35.9 Å². The Hall–Kier alpha value is -0.830. The zero-order chi connectivity index (χ0) is 19.0. The fourth-order valence-electron chi connectivity index (χ4n) is 3.20. The van der Waals surface area contributed by atoms with Crippen LogP contribution >= 0.6 is 24.0 Å². The molecular weight excluding hydrogens is 473 g/mol. The van der Waals surface area contributed by atoms with E-state index in [2.05, 4.69) is 34.5 Å². The first-order valence-corrected chi connectivity index (χ1v) is 11.3. The molecule has 1 N–H and O–H groups in total. The second-order valence-electron chi connectivity index (χ2n) is 7.53. The summed E-state index contributed by atoms with van der Waals surface area (Å²) in [5, 5.41) is 3.32. The monoisotopic (exact) mass is 507 g/mol. The molecule has 1 fully saturated rings. The largest absolute Gasteiger partial charge is 0.357 e. The highest BCUT2D eigenvalue weighted by Gasteiger charge is 2.40. The molecule has 1 aliphatic heterocycles. The number of nitrogens with zero attached hydrogens (tertiary/aromatic N) is 2. The Bertz CT molecular complexity index is 690. The van der Waals surface area contributed by atoms with Crippen LogP contribution in [0.25, 0.3) is 0 Å². The number of nitrogens with one attached hydrogen (secondary N) is 1. The van der Waals surface area contributed by atoms with Crippen LogP contribution in [0.2, 0.25) is 0 Å². The number of halogens is 1. The standard InChI is InChI=1S/C20H33N3O2S.HI/c1-4-21-19(23-15-16-26(24,25)20(2,3)17-23)22-14-10-6-9-13-18-11-7-5-8-12-18;/h5,7-8,11-12H,4,6,9-10,13-17H2,1-3H3,(H,21,22);1H. The third-order valence-corrected chi connectivity index (χ3v) is 7.44. The number of aliphatic imine (C=N–C) groups is 1. The SMILES string of the molecule is CCNC(=NCCCCCc1ccccc1)N1CCS(=O)(=O)C(C)(C)C1.I. The van der Waals surface area contributed by atoms with Crippen LogP contribution in [-0.2, 0) is 16.3 Å². The molecule has 1 saturated heterocycles. The lowest BCUT2D eigenvalue weighted by Gasteiger charge is -2.39. The Labute approximate surface area is 182 Å². The number of benzene rings is 1. The minimum atomic E-state index is -3.03. The van der Waals surface area contributed by atoms with Gasteiger partial charge in [-0.25, -0.2) is 8.42 Å². The average molecular weight is 507 g/mol. The number of sulfone groups is 1. The van der Waals surface area contributed by atoms with Gasteiger partial charge in [-0.3, -0.25) is 4.99 Å². The summed E-state index contributed by atoms with van der Waals surface area (Å²) in [6.07, 6.45) is 4.49. The maximum atomic E-state index is 12.2. The third-order valence-electron chi connectivity index (χ3n) is 4.91. The molecule has 0 radical (unpaired) electrons. The first-order chi connectivity index (χ1) is 12.4. The van der Waals surface area contributed by atoms with Crippen molar-refractivity contribution < 1.29 is 8.42 Å². The molecule has 27 heavy (non-hydrogen) atoms. The average Bonchev–Trinajstić information content (AvgIpc) is 2.60. The van der Waals surface area contributed by atoms with Crippen LogP contribution in [0, 0.1) is 0 Å². The topological polar surface area (TPSA) is 61.8 Å². The van der Waals surface area contributed by atoms with Crippen LogP contribution in [0.4, 0.5) is 0 Å². The predicted molar refractivity (Wildman–Crippen MR) is 125 cm³/mol. The Morgan fingerprint density at radius 3 is 2.52 bits per heavy atom. The molecule has 154 valence electrons. The van der Waals surface area contributed by atoms with E-state index in [0.717, 1.165) is 38.3 Å². The zero-order valence-electron chi connectivity index (χ0n) is 16.8. The summed E-state index contributed by atoms with van der Waals surface area (Å²) in [4.78, 5) is 6.82. The van der Waals surface area contributed by atoms with Crippen LogP contribution in [-0.4, -0.2) is 56.0 Å². The van der Waals surface area contributed by atoms with Crippen LogP contribution < -0.4 is 5.32 Å². The van der Waals surface area contributed by atoms with Crippen molar-refractivity contribution in [1.29, 1.82) is 0 Å². The molecule has 0 atom stereocenters. The van der Waals surface area contributed by atoms with Gasteiger partial charge >= 0.3 is 0 Å². The van der Waals surface area contributed by atoms with Gasteiger partial charge in [0.05, 0.1) is 10.5 Å². The van der Waals surface area contributed by atoms with Gasteiger partial charge in [0.15, 0.2) is 15.8 Å². The maximum absolute atomic E-state index is 12.2. The molecule has 0 amide bonds. The van der Waals surface area contributed by atoms with Crippen molar-refractivity contribution >= 4 is 39.8 Å². The van der Waals surface area contributed by atoms with E-state index in [4.69, 9.17) is 4.99 Å². The number of rotatable bonds is 7. The number of hydrogen-bond donors (Lipinski definition) is 1. The summed E-state index contributed by atoms with van der Waals surface area (Å²) in [7, 11) is -3.03. The molecule has 5 nitrogen and oxygen atoms in total. The van der Waals surface area contributed by atoms with Crippen molar-refractivity contribution in [2.75, 3.05) is 31.9 Å². The molecule has 7 heteroatoms. The number of unbranched alkanes of at least 4 members (excludes halogenated alkanes) is 2. The lowest BCUT2D eigenvalue weighted by molar-refractivity contribution is 0.353. The summed E-state index contributed by atoms with van der Waals surface area (Å²) in [6, 6.07) is 10.6. The molecule has 1 aromatic rings.